The summed E-state index contributed by atoms with van der Waals surface area (Å²) in [6, 6.07) is 10.1. The Hall–Kier alpha value is -2.47. The largest absolute Gasteiger partial charge is 0.494 e. The molecule has 0 amide bonds. The van der Waals surface area contributed by atoms with E-state index in [1.54, 1.807) is 24.3 Å². The molecular formula is C21H24F2N2O2. The minimum Gasteiger partial charge on any atom is -0.494 e. The van der Waals surface area contributed by atoms with E-state index in [-0.39, 0.29) is 11.3 Å². The van der Waals surface area contributed by atoms with Gasteiger partial charge in [-0.25, -0.2) is 8.78 Å². The van der Waals surface area contributed by atoms with Crippen LogP contribution in [-0.4, -0.2) is 42.1 Å². The molecule has 2 aromatic carbocycles. The van der Waals surface area contributed by atoms with E-state index >= 15 is 0 Å². The summed E-state index contributed by atoms with van der Waals surface area (Å²) >= 11 is 0. The van der Waals surface area contributed by atoms with Crippen molar-refractivity contribution in [1.29, 1.82) is 0 Å². The van der Waals surface area contributed by atoms with Crippen molar-refractivity contribution in [2.75, 3.05) is 26.2 Å². The van der Waals surface area contributed by atoms with Gasteiger partial charge in [-0.1, -0.05) is 23.7 Å². The topological polar surface area (TPSA) is 45.1 Å². The average Bonchev–Trinajstić information content (AvgIpc) is 2.69. The lowest BCUT2D eigenvalue weighted by atomic mass is 10.0. The van der Waals surface area contributed by atoms with E-state index in [0.717, 1.165) is 38.2 Å². The predicted octanol–water partition coefficient (Wildman–Crippen LogP) is 4.45. The van der Waals surface area contributed by atoms with Gasteiger partial charge in [0.25, 0.3) is 0 Å². The molecule has 0 atom stereocenters. The van der Waals surface area contributed by atoms with Gasteiger partial charge in [0.15, 0.2) is 0 Å². The summed E-state index contributed by atoms with van der Waals surface area (Å²) in [5.41, 5.74) is 0.559. The van der Waals surface area contributed by atoms with Crippen LogP contribution in [0.25, 0.3) is 0 Å². The van der Waals surface area contributed by atoms with Crippen LogP contribution in [-0.2, 0) is 0 Å². The first kappa shape index (κ1) is 19.3. The Labute approximate surface area is 158 Å². The van der Waals surface area contributed by atoms with Crippen LogP contribution in [0.15, 0.2) is 47.6 Å². The number of rotatable bonds is 7. The van der Waals surface area contributed by atoms with Crippen LogP contribution in [0.3, 0.4) is 0 Å². The lowest BCUT2D eigenvalue weighted by Gasteiger charge is -2.26. The maximum Gasteiger partial charge on any atom is 0.135 e. The second-order valence-corrected chi connectivity index (χ2v) is 6.70. The van der Waals surface area contributed by atoms with Crippen molar-refractivity contribution in [2.45, 2.75) is 25.7 Å². The van der Waals surface area contributed by atoms with Crippen molar-refractivity contribution >= 4 is 5.71 Å². The molecule has 2 aromatic rings. The van der Waals surface area contributed by atoms with E-state index in [0.29, 0.717) is 17.9 Å². The number of oxime groups is 1. The third-order valence-corrected chi connectivity index (χ3v) is 4.73. The van der Waals surface area contributed by atoms with Crippen LogP contribution in [0, 0.1) is 11.6 Å². The second kappa shape index (κ2) is 9.46. The monoisotopic (exact) mass is 374 g/mol. The van der Waals surface area contributed by atoms with Gasteiger partial charge in [-0.15, -0.1) is 0 Å². The first-order chi connectivity index (χ1) is 13.2. The summed E-state index contributed by atoms with van der Waals surface area (Å²) in [5.74, 6) is -0.843. The van der Waals surface area contributed by atoms with Gasteiger partial charge in [-0.2, -0.15) is 0 Å². The fourth-order valence-corrected chi connectivity index (χ4v) is 3.34. The highest BCUT2D eigenvalue weighted by Gasteiger charge is 2.14. The third kappa shape index (κ3) is 5.26. The lowest BCUT2D eigenvalue weighted by molar-refractivity contribution is 0.205. The van der Waals surface area contributed by atoms with Crippen LogP contribution in [0.4, 0.5) is 8.78 Å². The van der Waals surface area contributed by atoms with Gasteiger partial charge in [0.2, 0.25) is 0 Å². The quantitative estimate of drug-likeness (QED) is 0.337. The molecule has 1 aliphatic rings. The lowest BCUT2D eigenvalue weighted by Crippen LogP contribution is -2.31. The zero-order valence-corrected chi connectivity index (χ0v) is 15.2. The van der Waals surface area contributed by atoms with Crippen LogP contribution in [0.5, 0.6) is 5.75 Å². The van der Waals surface area contributed by atoms with Crippen molar-refractivity contribution in [1.82, 2.24) is 4.90 Å². The van der Waals surface area contributed by atoms with Crippen LogP contribution >= 0.6 is 0 Å². The maximum absolute atomic E-state index is 14.0. The summed E-state index contributed by atoms with van der Waals surface area (Å²) in [7, 11) is 0. The molecule has 1 saturated heterocycles. The SMILES string of the molecule is O/N=C(/c1cccc(OCCCN2CCCCC2)c1)c1ccc(F)cc1F. The second-order valence-electron chi connectivity index (χ2n) is 6.70. The molecule has 1 heterocycles. The number of benzene rings is 2. The highest BCUT2D eigenvalue weighted by atomic mass is 19.1. The van der Waals surface area contributed by atoms with Gasteiger partial charge >= 0.3 is 0 Å². The molecule has 0 bridgehead atoms. The van der Waals surface area contributed by atoms with E-state index in [4.69, 9.17) is 4.74 Å². The molecule has 0 unspecified atom stereocenters. The summed E-state index contributed by atoms with van der Waals surface area (Å²) in [6.45, 7) is 3.92. The zero-order chi connectivity index (χ0) is 19.1. The Morgan fingerprint density at radius 1 is 1.07 bits per heavy atom. The molecule has 144 valence electrons. The summed E-state index contributed by atoms with van der Waals surface area (Å²) < 4.78 is 33.0. The Balaban J connectivity index is 1.62. The van der Waals surface area contributed by atoms with Gasteiger partial charge in [-0.05, 0) is 56.6 Å². The standard InChI is InChI=1S/C21H24F2N2O2/c22-17-8-9-19(20(23)15-17)21(24-26)16-6-4-7-18(14-16)27-13-5-12-25-10-2-1-3-11-25/h4,6-9,14-15,26H,1-3,5,10-13H2/b24-21-. The molecule has 0 radical (unpaired) electrons. The molecule has 1 aliphatic heterocycles. The summed E-state index contributed by atoms with van der Waals surface area (Å²) in [5, 5.41) is 12.6. The summed E-state index contributed by atoms with van der Waals surface area (Å²) in [6.07, 6.45) is 4.79. The molecule has 1 fully saturated rings. The number of likely N-dealkylation sites (tertiary alicyclic amines) is 1. The number of ether oxygens (including phenoxy) is 1. The number of hydrogen-bond donors (Lipinski definition) is 1. The first-order valence-electron chi connectivity index (χ1n) is 9.30. The van der Waals surface area contributed by atoms with Crippen molar-refractivity contribution in [3.05, 3.63) is 65.2 Å². The predicted molar refractivity (Wildman–Crippen MR) is 101 cm³/mol. The van der Waals surface area contributed by atoms with Crippen LogP contribution < -0.4 is 4.74 Å². The fraction of sp³-hybridized carbons (Fsp3) is 0.381. The number of halogens is 2. The molecule has 27 heavy (non-hydrogen) atoms. The van der Waals surface area contributed by atoms with Crippen molar-refractivity contribution in [2.24, 2.45) is 5.16 Å². The van der Waals surface area contributed by atoms with Gasteiger partial charge in [0.05, 0.1) is 6.61 Å². The van der Waals surface area contributed by atoms with E-state index in [9.17, 15) is 14.0 Å². The van der Waals surface area contributed by atoms with E-state index in [2.05, 4.69) is 10.1 Å². The molecule has 1 N–H and O–H groups in total. The van der Waals surface area contributed by atoms with Crippen molar-refractivity contribution in [3.8, 4) is 5.75 Å². The van der Waals surface area contributed by atoms with Gasteiger partial charge in [0.1, 0.15) is 23.1 Å². The van der Waals surface area contributed by atoms with Crippen molar-refractivity contribution < 1.29 is 18.7 Å². The molecule has 6 heteroatoms. The smallest absolute Gasteiger partial charge is 0.135 e. The summed E-state index contributed by atoms with van der Waals surface area (Å²) in [4.78, 5) is 2.46. The fourth-order valence-electron chi connectivity index (χ4n) is 3.34. The normalized spacial score (nSPS) is 15.7. The molecule has 3 rings (SSSR count). The van der Waals surface area contributed by atoms with Gasteiger partial charge < -0.3 is 14.8 Å². The van der Waals surface area contributed by atoms with Crippen LogP contribution in [0.1, 0.15) is 36.8 Å². The highest BCUT2D eigenvalue weighted by molar-refractivity contribution is 6.12. The Bertz CT molecular complexity index is 790. The molecule has 0 aliphatic carbocycles. The van der Waals surface area contributed by atoms with Gasteiger partial charge in [0, 0.05) is 23.7 Å². The minimum absolute atomic E-state index is 0.0288. The zero-order valence-electron chi connectivity index (χ0n) is 15.2. The number of hydrogen-bond acceptors (Lipinski definition) is 4. The Morgan fingerprint density at radius 2 is 1.89 bits per heavy atom. The third-order valence-electron chi connectivity index (χ3n) is 4.73. The molecule has 0 aromatic heterocycles. The molecule has 0 saturated carbocycles. The Kier molecular flexibility index (Phi) is 6.76. The highest BCUT2D eigenvalue weighted by Crippen LogP contribution is 2.20. The number of nitrogens with zero attached hydrogens (tertiary/aromatic N) is 2. The van der Waals surface area contributed by atoms with Crippen LogP contribution in [0.2, 0.25) is 0 Å². The Morgan fingerprint density at radius 3 is 2.63 bits per heavy atom. The average molecular weight is 374 g/mol. The van der Waals surface area contributed by atoms with Gasteiger partial charge in [-0.3, -0.25) is 0 Å². The van der Waals surface area contributed by atoms with E-state index in [1.165, 1.54) is 25.3 Å². The minimum atomic E-state index is -0.782. The molecule has 4 nitrogen and oxygen atoms in total. The van der Waals surface area contributed by atoms with E-state index in [1.807, 2.05) is 0 Å². The van der Waals surface area contributed by atoms with E-state index < -0.39 is 11.6 Å². The van der Waals surface area contributed by atoms with Crippen molar-refractivity contribution in [3.63, 3.8) is 0 Å². The molecular weight excluding hydrogens is 350 g/mol. The first-order valence-corrected chi connectivity index (χ1v) is 9.30. The number of piperidine rings is 1. The molecule has 0 spiro atoms. The maximum atomic E-state index is 14.0.